The molecule has 1 rings (SSSR count). The number of amides is 1. The number of carbonyl (C=O) groups excluding carboxylic acids is 1. The number of anilines is 1. The van der Waals surface area contributed by atoms with Gasteiger partial charge in [0.2, 0.25) is 5.91 Å². The number of hydrogen-bond donors (Lipinski definition) is 2. The largest absolute Gasteiger partial charge is 0.480 e. The molecule has 1 atom stereocenters. The van der Waals surface area contributed by atoms with E-state index in [9.17, 15) is 9.59 Å². The van der Waals surface area contributed by atoms with Crippen LogP contribution in [0.15, 0.2) is 24.3 Å². The lowest BCUT2D eigenvalue weighted by atomic mass is 10.2. The normalized spacial score (nSPS) is 12.2. The molecule has 1 aromatic carbocycles. The molecule has 0 aromatic heterocycles. The van der Waals surface area contributed by atoms with Crippen LogP contribution in [0.5, 0.6) is 0 Å². The maximum absolute atomic E-state index is 12.1. The molecule has 0 radical (unpaired) electrons. The van der Waals surface area contributed by atoms with Gasteiger partial charge in [-0.25, -0.2) is 0 Å². The van der Waals surface area contributed by atoms with E-state index in [0.717, 1.165) is 6.42 Å². The van der Waals surface area contributed by atoms with Gasteiger partial charge in [-0.1, -0.05) is 24.6 Å². The van der Waals surface area contributed by atoms with Gasteiger partial charge in [-0.3, -0.25) is 14.5 Å². The summed E-state index contributed by atoms with van der Waals surface area (Å²) in [5.74, 6) is -1.19. The van der Waals surface area contributed by atoms with Crippen molar-refractivity contribution in [2.75, 3.05) is 18.4 Å². The highest BCUT2D eigenvalue weighted by atomic mass is 35.5. The minimum Gasteiger partial charge on any atom is -0.480 e. The molecule has 0 aliphatic heterocycles. The summed E-state index contributed by atoms with van der Waals surface area (Å²) in [6, 6.07) is 6.31. The van der Waals surface area contributed by atoms with Crippen molar-refractivity contribution in [2.24, 2.45) is 0 Å². The Morgan fingerprint density at radius 3 is 2.70 bits per heavy atom. The van der Waals surface area contributed by atoms with Gasteiger partial charge < -0.3 is 10.4 Å². The first-order chi connectivity index (χ1) is 9.43. The van der Waals surface area contributed by atoms with Crippen molar-refractivity contribution in [2.45, 2.75) is 26.3 Å². The number of nitrogens with zero attached hydrogens (tertiary/aromatic N) is 1. The zero-order valence-electron chi connectivity index (χ0n) is 11.6. The highest BCUT2D eigenvalue weighted by Crippen LogP contribution is 2.15. The van der Waals surface area contributed by atoms with Crippen molar-refractivity contribution in [1.82, 2.24) is 4.90 Å². The summed E-state index contributed by atoms with van der Waals surface area (Å²) < 4.78 is 0. The second kappa shape index (κ2) is 7.87. The molecule has 0 bridgehead atoms. The van der Waals surface area contributed by atoms with Gasteiger partial charge in [-0.05, 0) is 38.1 Å². The van der Waals surface area contributed by atoms with Crippen LogP contribution >= 0.6 is 11.6 Å². The van der Waals surface area contributed by atoms with Crippen LogP contribution in [-0.4, -0.2) is 41.0 Å². The first-order valence-corrected chi connectivity index (χ1v) is 6.84. The van der Waals surface area contributed by atoms with Crippen molar-refractivity contribution < 1.29 is 14.7 Å². The summed E-state index contributed by atoms with van der Waals surface area (Å²) in [5.41, 5.74) is 0.598. The second-order valence-corrected chi connectivity index (χ2v) is 4.98. The number of hydrogen-bond acceptors (Lipinski definition) is 3. The third-order valence-corrected chi connectivity index (χ3v) is 3.10. The Labute approximate surface area is 123 Å². The molecule has 0 saturated carbocycles. The molecule has 0 spiro atoms. The Morgan fingerprint density at radius 1 is 1.45 bits per heavy atom. The Hall–Kier alpha value is -1.59. The molecule has 0 aliphatic rings. The molecule has 0 heterocycles. The lowest BCUT2D eigenvalue weighted by Crippen LogP contribution is -2.44. The summed E-state index contributed by atoms with van der Waals surface area (Å²) in [4.78, 5) is 24.6. The molecule has 2 N–H and O–H groups in total. The van der Waals surface area contributed by atoms with E-state index in [0.29, 0.717) is 17.3 Å². The standard InChI is InChI=1S/C14H19ClN2O3/c1-3-7-17(9-13(18)19)10(2)14(20)16-12-6-4-5-11(15)8-12/h4-6,8,10H,3,7,9H2,1-2H3,(H,16,20)(H,18,19). The Bertz CT molecular complexity index is 479. The number of aliphatic carboxylic acids is 1. The molecule has 0 fully saturated rings. The van der Waals surface area contributed by atoms with Gasteiger partial charge >= 0.3 is 5.97 Å². The molecular weight excluding hydrogens is 280 g/mol. The quantitative estimate of drug-likeness (QED) is 0.811. The number of benzene rings is 1. The van der Waals surface area contributed by atoms with Gasteiger partial charge in [0.05, 0.1) is 12.6 Å². The summed E-state index contributed by atoms with van der Waals surface area (Å²) in [6.07, 6.45) is 0.780. The van der Waals surface area contributed by atoms with E-state index in [1.165, 1.54) is 0 Å². The van der Waals surface area contributed by atoms with Gasteiger partial charge in [-0.15, -0.1) is 0 Å². The SMILES string of the molecule is CCCN(CC(=O)O)C(C)C(=O)Nc1cccc(Cl)c1. The fraction of sp³-hybridized carbons (Fsp3) is 0.429. The predicted octanol–water partition coefficient (Wildman–Crippen LogP) is 2.46. The fourth-order valence-electron chi connectivity index (χ4n) is 1.85. The van der Waals surface area contributed by atoms with Crippen molar-refractivity contribution in [1.29, 1.82) is 0 Å². The van der Waals surface area contributed by atoms with Crippen LogP contribution in [0.2, 0.25) is 5.02 Å². The van der Waals surface area contributed by atoms with Crippen LogP contribution in [0.3, 0.4) is 0 Å². The predicted molar refractivity (Wildman–Crippen MR) is 79.0 cm³/mol. The van der Waals surface area contributed by atoms with Gasteiger partial charge in [-0.2, -0.15) is 0 Å². The van der Waals surface area contributed by atoms with E-state index in [1.807, 2.05) is 6.92 Å². The maximum Gasteiger partial charge on any atom is 0.317 e. The van der Waals surface area contributed by atoms with Crippen LogP contribution in [0.4, 0.5) is 5.69 Å². The van der Waals surface area contributed by atoms with Gasteiger partial charge in [0, 0.05) is 10.7 Å². The average Bonchev–Trinajstić information content (AvgIpc) is 2.36. The molecule has 0 saturated heterocycles. The molecule has 20 heavy (non-hydrogen) atoms. The van der Waals surface area contributed by atoms with E-state index in [-0.39, 0.29) is 12.5 Å². The fourth-order valence-corrected chi connectivity index (χ4v) is 2.04. The molecule has 1 amide bonds. The van der Waals surface area contributed by atoms with E-state index < -0.39 is 12.0 Å². The minimum absolute atomic E-state index is 0.155. The van der Waals surface area contributed by atoms with Gasteiger partial charge in [0.1, 0.15) is 0 Å². The number of rotatable bonds is 7. The molecule has 0 aliphatic carbocycles. The molecule has 110 valence electrons. The van der Waals surface area contributed by atoms with Crippen molar-refractivity contribution in [3.8, 4) is 0 Å². The van der Waals surface area contributed by atoms with E-state index in [4.69, 9.17) is 16.7 Å². The number of carboxylic acids is 1. The van der Waals surface area contributed by atoms with E-state index in [1.54, 1.807) is 36.1 Å². The lowest BCUT2D eigenvalue weighted by molar-refractivity contribution is -0.139. The first-order valence-electron chi connectivity index (χ1n) is 6.46. The van der Waals surface area contributed by atoms with E-state index >= 15 is 0 Å². The van der Waals surface area contributed by atoms with Crippen molar-refractivity contribution >= 4 is 29.2 Å². The third-order valence-electron chi connectivity index (χ3n) is 2.87. The van der Waals surface area contributed by atoms with Gasteiger partial charge in [0.15, 0.2) is 0 Å². The van der Waals surface area contributed by atoms with Crippen LogP contribution < -0.4 is 5.32 Å². The summed E-state index contributed by atoms with van der Waals surface area (Å²) in [5, 5.41) is 12.1. The minimum atomic E-state index is -0.944. The second-order valence-electron chi connectivity index (χ2n) is 4.54. The molecule has 6 heteroatoms. The molecular formula is C14H19ClN2O3. The highest BCUT2D eigenvalue weighted by molar-refractivity contribution is 6.30. The lowest BCUT2D eigenvalue weighted by Gasteiger charge is -2.26. The van der Waals surface area contributed by atoms with Crippen molar-refractivity contribution in [3.63, 3.8) is 0 Å². The number of carboxylic acid groups (broad SMARTS) is 1. The Morgan fingerprint density at radius 2 is 2.15 bits per heavy atom. The first kappa shape index (κ1) is 16.5. The average molecular weight is 299 g/mol. The summed E-state index contributed by atoms with van der Waals surface area (Å²) in [7, 11) is 0. The van der Waals surface area contributed by atoms with E-state index in [2.05, 4.69) is 5.32 Å². The third kappa shape index (κ3) is 5.19. The van der Waals surface area contributed by atoms with Crippen LogP contribution in [-0.2, 0) is 9.59 Å². The summed E-state index contributed by atoms with van der Waals surface area (Å²) >= 11 is 5.85. The summed E-state index contributed by atoms with van der Waals surface area (Å²) in [6.45, 7) is 4.03. The van der Waals surface area contributed by atoms with Crippen LogP contribution in [0.1, 0.15) is 20.3 Å². The topological polar surface area (TPSA) is 69.6 Å². The zero-order valence-corrected chi connectivity index (χ0v) is 12.4. The van der Waals surface area contributed by atoms with Crippen LogP contribution in [0.25, 0.3) is 0 Å². The van der Waals surface area contributed by atoms with Gasteiger partial charge in [0.25, 0.3) is 0 Å². The Balaban J connectivity index is 2.70. The highest BCUT2D eigenvalue weighted by Gasteiger charge is 2.22. The molecule has 5 nitrogen and oxygen atoms in total. The monoisotopic (exact) mass is 298 g/mol. The van der Waals surface area contributed by atoms with Crippen LogP contribution in [0, 0.1) is 0 Å². The zero-order chi connectivity index (χ0) is 15.1. The molecule has 1 unspecified atom stereocenters. The van der Waals surface area contributed by atoms with Crippen molar-refractivity contribution in [3.05, 3.63) is 29.3 Å². The maximum atomic E-state index is 12.1. The Kier molecular flexibility index (Phi) is 6.48. The number of carbonyl (C=O) groups is 2. The number of nitrogens with one attached hydrogen (secondary N) is 1. The molecule has 1 aromatic rings. The number of halogens is 1. The smallest absolute Gasteiger partial charge is 0.317 e.